The highest BCUT2D eigenvalue weighted by atomic mass is 16.1. The van der Waals surface area contributed by atoms with Gasteiger partial charge < -0.3 is 10.6 Å². The molecule has 0 aromatic carbocycles. The lowest BCUT2D eigenvalue weighted by Crippen LogP contribution is -2.50. The zero-order valence-electron chi connectivity index (χ0n) is 12.3. The standard InChI is InChI=1S/C15H29N3O/c1-13-11-16-8-10-18(13)9-7-15(19)17-12-14-5-3-2-4-6-14/h13-14,16H,2-12H2,1H3,(H,17,19)/t13-/m0/s1. The van der Waals surface area contributed by atoms with E-state index in [0.29, 0.717) is 12.5 Å². The van der Waals surface area contributed by atoms with Crippen LogP contribution < -0.4 is 10.6 Å². The number of hydrogen-bond acceptors (Lipinski definition) is 3. The Labute approximate surface area is 117 Å². The van der Waals surface area contributed by atoms with Crippen LogP contribution in [0.2, 0.25) is 0 Å². The van der Waals surface area contributed by atoms with Crippen LogP contribution in [0.5, 0.6) is 0 Å². The van der Waals surface area contributed by atoms with Crippen molar-refractivity contribution in [3.05, 3.63) is 0 Å². The van der Waals surface area contributed by atoms with Crippen LogP contribution in [0.1, 0.15) is 45.4 Å². The minimum absolute atomic E-state index is 0.233. The van der Waals surface area contributed by atoms with Crippen molar-refractivity contribution in [3.8, 4) is 0 Å². The number of carbonyl (C=O) groups excluding carboxylic acids is 1. The predicted molar refractivity (Wildman–Crippen MR) is 78.1 cm³/mol. The summed E-state index contributed by atoms with van der Waals surface area (Å²) in [4.78, 5) is 14.3. The zero-order chi connectivity index (χ0) is 13.5. The lowest BCUT2D eigenvalue weighted by molar-refractivity contribution is -0.121. The number of nitrogens with one attached hydrogen (secondary N) is 2. The molecule has 4 heteroatoms. The van der Waals surface area contributed by atoms with Gasteiger partial charge in [0.25, 0.3) is 0 Å². The van der Waals surface area contributed by atoms with Crippen LogP contribution in [0.25, 0.3) is 0 Å². The average Bonchev–Trinajstić information content (AvgIpc) is 2.45. The lowest BCUT2D eigenvalue weighted by Gasteiger charge is -2.33. The number of rotatable bonds is 5. The summed E-state index contributed by atoms with van der Waals surface area (Å²) in [5.74, 6) is 0.965. The summed E-state index contributed by atoms with van der Waals surface area (Å²) < 4.78 is 0. The number of piperazine rings is 1. The minimum atomic E-state index is 0.233. The molecule has 2 aliphatic rings. The van der Waals surface area contributed by atoms with Crippen molar-refractivity contribution in [3.63, 3.8) is 0 Å². The molecule has 4 nitrogen and oxygen atoms in total. The van der Waals surface area contributed by atoms with Crippen LogP contribution >= 0.6 is 0 Å². The Bertz CT molecular complexity index is 277. The second-order valence-electron chi connectivity index (χ2n) is 6.15. The summed E-state index contributed by atoms with van der Waals surface area (Å²) in [6.07, 6.45) is 7.32. The molecular formula is C15H29N3O. The first-order chi connectivity index (χ1) is 9.25. The van der Waals surface area contributed by atoms with E-state index in [2.05, 4.69) is 22.5 Å². The second kappa shape index (κ2) is 7.85. The molecule has 2 rings (SSSR count). The molecule has 0 bridgehead atoms. The van der Waals surface area contributed by atoms with E-state index in [1.165, 1.54) is 32.1 Å². The van der Waals surface area contributed by atoms with E-state index in [9.17, 15) is 4.79 Å². The van der Waals surface area contributed by atoms with E-state index >= 15 is 0 Å². The summed E-state index contributed by atoms with van der Waals surface area (Å²) >= 11 is 0. The van der Waals surface area contributed by atoms with Gasteiger partial charge in [-0.25, -0.2) is 0 Å². The van der Waals surface area contributed by atoms with E-state index in [1.54, 1.807) is 0 Å². The topological polar surface area (TPSA) is 44.4 Å². The van der Waals surface area contributed by atoms with Crippen LogP contribution in [0, 0.1) is 5.92 Å². The van der Waals surface area contributed by atoms with E-state index in [1.807, 2.05) is 0 Å². The normalized spacial score (nSPS) is 26.3. The molecule has 1 aliphatic carbocycles. The highest BCUT2D eigenvalue weighted by Gasteiger charge is 2.19. The molecule has 0 radical (unpaired) electrons. The van der Waals surface area contributed by atoms with Gasteiger partial charge in [0, 0.05) is 45.2 Å². The largest absolute Gasteiger partial charge is 0.356 e. The summed E-state index contributed by atoms with van der Waals surface area (Å²) in [6, 6.07) is 0.555. The third-order valence-corrected chi connectivity index (χ3v) is 4.58. The van der Waals surface area contributed by atoms with Gasteiger partial charge in [-0.2, -0.15) is 0 Å². The van der Waals surface area contributed by atoms with Crippen molar-refractivity contribution in [2.45, 2.75) is 51.5 Å². The smallest absolute Gasteiger partial charge is 0.221 e. The van der Waals surface area contributed by atoms with Crippen LogP contribution in [0.3, 0.4) is 0 Å². The molecule has 2 fully saturated rings. The fraction of sp³-hybridized carbons (Fsp3) is 0.933. The maximum Gasteiger partial charge on any atom is 0.221 e. The first-order valence-corrected chi connectivity index (χ1v) is 7.97. The number of carbonyl (C=O) groups is 1. The zero-order valence-corrected chi connectivity index (χ0v) is 12.3. The SMILES string of the molecule is C[C@H]1CNCCN1CCC(=O)NCC1CCCCC1. The van der Waals surface area contributed by atoms with Gasteiger partial charge in [0.05, 0.1) is 0 Å². The number of amides is 1. The van der Waals surface area contributed by atoms with E-state index in [-0.39, 0.29) is 5.91 Å². The molecule has 1 saturated heterocycles. The first-order valence-electron chi connectivity index (χ1n) is 7.97. The summed E-state index contributed by atoms with van der Waals surface area (Å²) in [7, 11) is 0. The molecule has 2 N–H and O–H groups in total. The Morgan fingerprint density at radius 3 is 2.84 bits per heavy atom. The molecule has 0 spiro atoms. The molecule has 1 heterocycles. The predicted octanol–water partition coefficient (Wildman–Crippen LogP) is 1.37. The molecule has 1 amide bonds. The Kier molecular flexibility index (Phi) is 6.11. The molecule has 1 atom stereocenters. The Hall–Kier alpha value is -0.610. The molecule has 1 saturated carbocycles. The average molecular weight is 267 g/mol. The van der Waals surface area contributed by atoms with Gasteiger partial charge in [0.1, 0.15) is 0 Å². The van der Waals surface area contributed by atoms with Crippen molar-refractivity contribution < 1.29 is 4.79 Å². The lowest BCUT2D eigenvalue weighted by atomic mass is 9.89. The van der Waals surface area contributed by atoms with Gasteiger partial charge in [-0.05, 0) is 25.7 Å². The van der Waals surface area contributed by atoms with Crippen LogP contribution in [0.15, 0.2) is 0 Å². The van der Waals surface area contributed by atoms with Gasteiger partial charge in [-0.3, -0.25) is 9.69 Å². The Morgan fingerprint density at radius 2 is 2.11 bits per heavy atom. The van der Waals surface area contributed by atoms with E-state index in [0.717, 1.165) is 38.6 Å². The van der Waals surface area contributed by atoms with Crippen LogP contribution in [0.4, 0.5) is 0 Å². The van der Waals surface area contributed by atoms with Crippen molar-refractivity contribution in [1.82, 2.24) is 15.5 Å². The van der Waals surface area contributed by atoms with Crippen LogP contribution in [-0.2, 0) is 4.79 Å². The summed E-state index contributed by atoms with van der Waals surface area (Å²) in [6.45, 7) is 7.19. The molecule has 0 unspecified atom stereocenters. The number of nitrogens with zero attached hydrogens (tertiary/aromatic N) is 1. The quantitative estimate of drug-likeness (QED) is 0.791. The highest BCUT2D eigenvalue weighted by molar-refractivity contribution is 5.76. The monoisotopic (exact) mass is 267 g/mol. The first kappa shape index (κ1) is 14.8. The third kappa shape index (κ3) is 5.11. The van der Waals surface area contributed by atoms with Gasteiger partial charge in [0.15, 0.2) is 0 Å². The summed E-state index contributed by atoms with van der Waals surface area (Å²) in [5.41, 5.74) is 0. The summed E-state index contributed by atoms with van der Waals surface area (Å²) in [5, 5.41) is 6.50. The highest BCUT2D eigenvalue weighted by Crippen LogP contribution is 2.22. The maximum atomic E-state index is 11.9. The van der Waals surface area contributed by atoms with Crippen molar-refractivity contribution in [2.75, 3.05) is 32.7 Å². The van der Waals surface area contributed by atoms with Gasteiger partial charge in [-0.1, -0.05) is 19.3 Å². The Morgan fingerprint density at radius 1 is 1.32 bits per heavy atom. The van der Waals surface area contributed by atoms with Crippen molar-refractivity contribution in [1.29, 1.82) is 0 Å². The maximum absolute atomic E-state index is 11.9. The third-order valence-electron chi connectivity index (χ3n) is 4.58. The van der Waals surface area contributed by atoms with Gasteiger partial charge >= 0.3 is 0 Å². The fourth-order valence-corrected chi connectivity index (χ4v) is 3.20. The van der Waals surface area contributed by atoms with Gasteiger partial charge in [0.2, 0.25) is 5.91 Å². The number of hydrogen-bond donors (Lipinski definition) is 2. The molecular weight excluding hydrogens is 238 g/mol. The van der Waals surface area contributed by atoms with Crippen LogP contribution in [-0.4, -0.2) is 49.6 Å². The molecule has 0 aromatic heterocycles. The van der Waals surface area contributed by atoms with E-state index < -0.39 is 0 Å². The fourth-order valence-electron chi connectivity index (χ4n) is 3.20. The van der Waals surface area contributed by atoms with Crippen molar-refractivity contribution >= 4 is 5.91 Å². The van der Waals surface area contributed by atoms with E-state index in [4.69, 9.17) is 0 Å². The minimum Gasteiger partial charge on any atom is -0.356 e. The van der Waals surface area contributed by atoms with Crippen molar-refractivity contribution in [2.24, 2.45) is 5.92 Å². The molecule has 1 aliphatic heterocycles. The molecule has 110 valence electrons. The molecule has 0 aromatic rings. The Balaban J connectivity index is 1.58. The molecule has 19 heavy (non-hydrogen) atoms. The second-order valence-corrected chi connectivity index (χ2v) is 6.15. The van der Waals surface area contributed by atoms with Gasteiger partial charge in [-0.15, -0.1) is 0 Å².